The molecule has 26 heavy (non-hydrogen) atoms. The number of hydrogen-bond donors (Lipinski definition) is 1. The van der Waals surface area contributed by atoms with Crippen molar-refractivity contribution in [3.05, 3.63) is 74.1 Å². The number of nitrogens with one attached hydrogen (secondary N) is 1. The van der Waals surface area contributed by atoms with Crippen molar-refractivity contribution in [2.24, 2.45) is 20.0 Å². The van der Waals surface area contributed by atoms with Gasteiger partial charge in [0.05, 0.1) is 11.6 Å². The molecule has 6 nitrogen and oxygen atoms in total. The highest BCUT2D eigenvalue weighted by Gasteiger charge is 2.33. The molecule has 2 aromatic rings. The predicted molar refractivity (Wildman–Crippen MR) is 101 cm³/mol. The summed E-state index contributed by atoms with van der Waals surface area (Å²) in [5.74, 6) is 0.207. The van der Waals surface area contributed by atoms with Crippen molar-refractivity contribution in [2.45, 2.75) is 25.8 Å². The second-order valence-electron chi connectivity index (χ2n) is 6.91. The van der Waals surface area contributed by atoms with Gasteiger partial charge < -0.3 is 9.88 Å². The summed E-state index contributed by atoms with van der Waals surface area (Å²) in [4.78, 5) is 36.2. The van der Waals surface area contributed by atoms with Gasteiger partial charge in [-0.2, -0.15) is 0 Å². The van der Waals surface area contributed by atoms with E-state index < -0.39 is 11.2 Å². The van der Waals surface area contributed by atoms with Crippen molar-refractivity contribution in [3.63, 3.8) is 0 Å². The van der Waals surface area contributed by atoms with E-state index in [0.717, 1.165) is 23.0 Å². The Hall–Kier alpha value is -2.89. The van der Waals surface area contributed by atoms with E-state index in [4.69, 9.17) is 0 Å². The zero-order valence-electron chi connectivity index (χ0n) is 15.2. The van der Waals surface area contributed by atoms with Crippen molar-refractivity contribution < 1.29 is 4.79 Å². The fourth-order valence-corrected chi connectivity index (χ4v) is 2.99. The first-order valence-electron chi connectivity index (χ1n) is 8.68. The summed E-state index contributed by atoms with van der Waals surface area (Å²) in [6, 6.07) is 8.16. The Morgan fingerprint density at radius 1 is 1.19 bits per heavy atom. The molecular weight excluding hydrogens is 330 g/mol. The zero-order valence-corrected chi connectivity index (χ0v) is 15.2. The van der Waals surface area contributed by atoms with Crippen molar-refractivity contribution in [2.75, 3.05) is 0 Å². The van der Waals surface area contributed by atoms with Gasteiger partial charge in [0.15, 0.2) is 0 Å². The SMILES string of the molecule is Cc1ccc(C(NC(=O)/C=C/c2cn(C)c(=O)n(C)c2=O)C2CC2)cc1. The van der Waals surface area contributed by atoms with Crippen LogP contribution in [0.25, 0.3) is 6.08 Å². The molecule has 1 aliphatic rings. The lowest BCUT2D eigenvalue weighted by atomic mass is 10.0. The molecular formula is C20H23N3O3. The Bertz CT molecular complexity index is 963. The fraction of sp³-hybridized carbons (Fsp3) is 0.350. The second-order valence-corrected chi connectivity index (χ2v) is 6.91. The summed E-state index contributed by atoms with van der Waals surface area (Å²) < 4.78 is 2.34. The van der Waals surface area contributed by atoms with E-state index in [-0.39, 0.29) is 11.9 Å². The van der Waals surface area contributed by atoms with Crippen LogP contribution in [0.4, 0.5) is 0 Å². The van der Waals surface area contributed by atoms with Gasteiger partial charge in [-0.15, -0.1) is 0 Å². The summed E-state index contributed by atoms with van der Waals surface area (Å²) in [5, 5.41) is 3.04. The Balaban J connectivity index is 1.77. The van der Waals surface area contributed by atoms with Gasteiger partial charge >= 0.3 is 5.69 Å². The van der Waals surface area contributed by atoms with Gasteiger partial charge in [0.25, 0.3) is 5.56 Å². The lowest BCUT2D eigenvalue weighted by Gasteiger charge is -2.18. The molecule has 1 amide bonds. The van der Waals surface area contributed by atoms with Crippen LogP contribution in [0.2, 0.25) is 0 Å². The van der Waals surface area contributed by atoms with Gasteiger partial charge in [-0.1, -0.05) is 29.8 Å². The average Bonchev–Trinajstić information content (AvgIpc) is 3.45. The summed E-state index contributed by atoms with van der Waals surface area (Å²) in [6.07, 6.45) is 6.45. The molecule has 1 fully saturated rings. The van der Waals surface area contributed by atoms with E-state index in [1.807, 2.05) is 31.2 Å². The van der Waals surface area contributed by atoms with Crippen LogP contribution < -0.4 is 16.6 Å². The number of aromatic nitrogens is 2. The van der Waals surface area contributed by atoms with Gasteiger partial charge in [0, 0.05) is 26.4 Å². The number of carbonyl (C=O) groups excluding carboxylic acids is 1. The Labute approximate surface area is 151 Å². The Morgan fingerprint density at radius 2 is 1.85 bits per heavy atom. The summed E-state index contributed by atoms with van der Waals surface area (Å²) in [6.45, 7) is 2.03. The maximum Gasteiger partial charge on any atom is 0.330 e. The van der Waals surface area contributed by atoms with Gasteiger partial charge in [-0.05, 0) is 37.3 Å². The van der Waals surface area contributed by atoms with Gasteiger partial charge in [0.2, 0.25) is 5.91 Å². The first kappa shape index (κ1) is 17.9. The summed E-state index contributed by atoms with van der Waals surface area (Å²) >= 11 is 0. The third-order valence-electron chi connectivity index (χ3n) is 4.71. The lowest BCUT2D eigenvalue weighted by molar-refractivity contribution is -0.117. The third kappa shape index (κ3) is 3.85. The minimum Gasteiger partial charge on any atom is -0.345 e. The van der Waals surface area contributed by atoms with Crippen LogP contribution in [0, 0.1) is 12.8 Å². The Morgan fingerprint density at radius 3 is 2.46 bits per heavy atom. The molecule has 0 radical (unpaired) electrons. The van der Waals surface area contributed by atoms with Crippen LogP contribution in [-0.4, -0.2) is 15.0 Å². The number of nitrogens with zero attached hydrogens (tertiary/aromatic N) is 2. The van der Waals surface area contributed by atoms with E-state index in [9.17, 15) is 14.4 Å². The van der Waals surface area contributed by atoms with Crippen molar-refractivity contribution >= 4 is 12.0 Å². The van der Waals surface area contributed by atoms with Crippen molar-refractivity contribution in [3.8, 4) is 0 Å². The van der Waals surface area contributed by atoms with Gasteiger partial charge in [-0.25, -0.2) is 4.79 Å². The van der Waals surface area contributed by atoms with Gasteiger partial charge in [0.1, 0.15) is 0 Å². The summed E-state index contributed by atoms with van der Waals surface area (Å²) in [7, 11) is 2.99. The van der Waals surface area contributed by atoms with Crippen LogP contribution in [0.1, 0.15) is 35.6 Å². The summed E-state index contributed by atoms with van der Waals surface area (Å²) in [5.41, 5.74) is 1.75. The lowest BCUT2D eigenvalue weighted by Crippen LogP contribution is -2.37. The van der Waals surface area contributed by atoms with E-state index in [1.165, 1.54) is 35.5 Å². The average molecular weight is 353 g/mol. The molecule has 1 atom stereocenters. The largest absolute Gasteiger partial charge is 0.345 e. The molecule has 1 aromatic carbocycles. The van der Waals surface area contributed by atoms with Crippen LogP contribution >= 0.6 is 0 Å². The highest BCUT2D eigenvalue weighted by atomic mass is 16.2. The number of amides is 1. The number of rotatable bonds is 5. The normalized spacial score (nSPS) is 15.2. The number of carbonyl (C=O) groups is 1. The minimum absolute atomic E-state index is 0.0179. The first-order chi connectivity index (χ1) is 12.4. The minimum atomic E-state index is -0.422. The number of aryl methyl sites for hydroxylation is 2. The highest BCUT2D eigenvalue weighted by Crippen LogP contribution is 2.41. The molecule has 136 valence electrons. The molecule has 1 unspecified atom stereocenters. The zero-order chi connectivity index (χ0) is 18.8. The topological polar surface area (TPSA) is 73.1 Å². The predicted octanol–water partition coefficient (Wildman–Crippen LogP) is 1.67. The highest BCUT2D eigenvalue weighted by molar-refractivity contribution is 5.91. The maximum absolute atomic E-state index is 12.4. The van der Waals surface area contributed by atoms with Crippen molar-refractivity contribution in [1.82, 2.24) is 14.5 Å². The standard InChI is InChI=1S/C20H23N3O3/c1-13-4-6-14(7-5-13)18(15-8-9-15)21-17(24)11-10-16-12-22(2)20(26)23(3)19(16)25/h4-7,10-12,15,18H,8-9H2,1-3H3,(H,21,24)/b11-10+. The van der Waals surface area contributed by atoms with Crippen molar-refractivity contribution in [1.29, 1.82) is 0 Å². The van der Waals surface area contributed by atoms with E-state index in [1.54, 1.807) is 7.05 Å². The van der Waals surface area contributed by atoms with Crippen LogP contribution in [0.5, 0.6) is 0 Å². The quantitative estimate of drug-likeness (QED) is 0.831. The van der Waals surface area contributed by atoms with E-state index in [2.05, 4.69) is 5.32 Å². The maximum atomic E-state index is 12.4. The molecule has 1 aliphatic carbocycles. The molecule has 0 spiro atoms. The molecule has 3 rings (SSSR count). The van der Waals surface area contributed by atoms with E-state index in [0.29, 0.717) is 11.5 Å². The monoisotopic (exact) mass is 353 g/mol. The molecule has 1 saturated carbocycles. The first-order valence-corrected chi connectivity index (χ1v) is 8.68. The molecule has 0 saturated heterocycles. The fourth-order valence-electron chi connectivity index (χ4n) is 2.99. The molecule has 1 heterocycles. The van der Waals surface area contributed by atoms with Gasteiger partial charge in [-0.3, -0.25) is 14.2 Å². The Kier molecular flexibility index (Phi) is 4.93. The van der Waals surface area contributed by atoms with Crippen LogP contribution in [-0.2, 0) is 18.9 Å². The molecule has 1 aromatic heterocycles. The molecule has 1 N–H and O–H groups in total. The molecule has 6 heteroatoms. The second kappa shape index (κ2) is 7.15. The van der Waals surface area contributed by atoms with E-state index >= 15 is 0 Å². The number of benzene rings is 1. The number of hydrogen-bond acceptors (Lipinski definition) is 3. The van der Waals surface area contributed by atoms with Crippen LogP contribution in [0.3, 0.4) is 0 Å². The molecule has 0 bridgehead atoms. The molecule has 0 aliphatic heterocycles. The van der Waals surface area contributed by atoms with Crippen LogP contribution in [0.15, 0.2) is 46.1 Å². The smallest absolute Gasteiger partial charge is 0.330 e. The third-order valence-corrected chi connectivity index (χ3v) is 4.71.